The minimum Gasteiger partial charge on any atom is -0.383 e. The van der Waals surface area contributed by atoms with Gasteiger partial charge in [0, 0.05) is 38.2 Å². The summed E-state index contributed by atoms with van der Waals surface area (Å²) in [4.78, 5) is 18.8. The fourth-order valence-electron chi connectivity index (χ4n) is 4.15. The number of alkyl halides is 3. The van der Waals surface area contributed by atoms with E-state index in [1.54, 1.807) is 11.0 Å². The van der Waals surface area contributed by atoms with Gasteiger partial charge in [0.1, 0.15) is 5.82 Å². The Morgan fingerprint density at radius 3 is 2.60 bits per heavy atom. The summed E-state index contributed by atoms with van der Waals surface area (Å²) in [6, 6.07) is 10.4. The third-order valence-corrected chi connectivity index (χ3v) is 5.90. The molecule has 0 saturated carbocycles. The molecule has 1 aliphatic heterocycles. The fraction of sp³-hybridized carbons (Fsp3) is 0.375. The van der Waals surface area contributed by atoms with Gasteiger partial charge in [0.25, 0.3) is 0 Å². The maximum atomic E-state index is 13.6. The largest absolute Gasteiger partial charge is 0.416 e. The molecule has 11 heteroatoms. The molecule has 35 heavy (non-hydrogen) atoms. The number of ether oxygens (including phenoxy) is 1. The molecule has 2 amide bonds. The van der Waals surface area contributed by atoms with Gasteiger partial charge in [-0.3, -0.25) is 0 Å². The van der Waals surface area contributed by atoms with Crippen molar-refractivity contribution in [3.8, 4) is 11.4 Å². The van der Waals surface area contributed by atoms with Gasteiger partial charge in [-0.05, 0) is 36.2 Å². The number of halogens is 4. The summed E-state index contributed by atoms with van der Waals surface area (Å²) in [6.45, 7) is 1.24. The number of benzene rings is 2. The number of hydrogen-bond donors (Lipinski definition) is 1. The van der Waals surface area contributed by atoms with Crippen LogP contribution in [0.4, 0.5) is 22.4 Å². The molecule has 4 rings (SSSR count). The summed E-state index contributed by atoms with van der Waals surface area (Å²) in [5, 5.41) is 6.72. The number of carbonyl (C=O) groups is 1. The fourth-order valence-corrected chi connectivity index (χ4v) is 4.15. The van der Waals surface area contributed by atoms with Crippen molar-refractivity contribution in [1.29, 1.82) is 0 Å². The van der Waals surface area contributed by atoms with Gasteiger partial charge in [-0.2, -0.15) is 18.2 Å². The van der Waals surface area contributed by atoms with Crippen LogP contribution in [-0.4, -0.2) is 54.4 Å². The van der Waals surface area contributed by atoms with Gasteiger partial charge < -0.3 is 19.5 Å². The van der Waals surface area contributed by atoms with E-state index >= 15 is 0 Å². The normalized spacial score (nSPS) is 18.5. The molecule has 0 aliphatic carbocycles. The molecule has 7 nitrogen and oxygen atoms in total. The molecule has 2 unspecified atom stereocenters. The number of piperidine rings is 1. The van der Waals surface area contributed by atoms with Crippen molar-refractivity contribution in [3.63, 3.8) is 0 Å². The molecule has 3 aromatic rings. The Bertz CT molecular complexity index is 1150. The van der Waals surface area contributed by atoms with Gasteiger partial charge in [0.05, 0.1) is 18.1 Å². The van der Waals surface area contributed by atoms with Crippen LogP contribution in [0.3, 0.4) is 0 Å². The quantitative estimate of drug-likeness (QED) is 0.394. The second-order valence-corrected chi connectivity index (χ2v) is 8.35. The number of aromatic nitrogens is 2. The van der Waals surface area contributed by atoms with Crippen molar-refractivity contribution < 1.29 is 31.6 Å². The van der Waals surface area contributed by atoms with Crippen molar-refractivity contribution in [2.24, 2.45) is 0 Å². The van der Waals surface area contributed by atoms with Crippen LogP contribution in [0.5, 0.6) is 0 Å². The lowest BCUT2D eigenvalue weighted by atomic mass is 9.84. The Kier molecular flexibility index (Phi) is 7.34. The van der Waals surface area contributed by atoms with E-state index in [-0.39, 0.29) is 36.1 Å². The van der Waals surface area contributed by atoms with Gasteiger partial charge in [0.15, 0.2) is 0 Å². The molecule has 1 aliphatic rings. The molecular formula is C24H24F4N4O3. The predicted molar refractivity (Wildman–Crippen MR) is 118 cm³/mol. The van der Waals surface area contributed by atoms with Gasteiger partial charge in [-0.25, -0.2) is 9.18 Å². The summed E-state index contributed by atoms with van der Waals surface area (Å²) in [5.74, 6) is -0.566. The molecule has 2 atom stereocenters. The van der Waals surface area contributed by atoms with Crippen molar-refractivity contribution in [1.82, 2.24) is 20.4 Å². The van der Waals surface area contributed by atoms with Crippen LogP contribution < -0.4 is 5.32 Å². The number of carbonyl (C=O) groups excluding carboxylic acids is 1. The van der Waals surface area contributed by atoms with E-state index in [0.717, 1.165) is 12.1 Å². The summed E-state index contributed by atoms with van der Waals surface area (Å²) < 4.78 is 63.1. The minimum atomic E-state index is -4.43. The van der Waals surface area contributed by atoms with Crippen LogP contribution in [-0.2, 0) is 10.9 Å². The summed E-state index contributed by atoms with van der Waals surface area (Å²) in [7, 11) is 1.52. The van der Waals surface area contributed by atoms with Crippen LogP contribution in [0.25, 0.3) is 11.4 Å². The highest BCUT2D eigenvalue weighted by Gasteiger charge is 2.35. The monoisotopic (exact) mass is 492 g/mol. The van der Waals surface area contributed by atoms with Gasteiger partial charge in [0.2, 0.25) is 11.7 Å². The Morgan fingerprint density at radius 1 is 1.17 bits per heavy atom. The highest BCUT2D eigenvalue weighted by Crippen LogP contribution is 2.37. The van der Waals surface area contributed by atoms with Crippen LogP contribution in [0, 0.1) is 5.82 Å². The highest BCUT2D eigenvalue weighted by atomic mass is 19.4. The van der Waals surface area contributed by atoms with Crippen LogP contribution >= 0.6 is 0 Å². The van der Waals surface area contributed by atoms with Gasteiger partial charge in [-0.1, -0.05) is 29.4 Å². The van der Waals surface area contributed by atoms with Crippen LogP contribution in [0.1, 0.15) is 35.3 Å². The number of methoxy groups -OCH3 is 1. The Morgan fingerprint density at radius 2 is 1.91 bits per heavy atom. The van der Waals surface area contributed by atoms with E-state index < -0.39 is 17.6 Å². The standard InChI is InChI=1S/C24H24F4N4O3/c1-34-10-9-29-23(33)32-13-17(15-5-7-19(8-6-15)24(26,27)28)11-18(14-32)22-30-21(31-35-22)16-3-2-4-20(25)12-16/h2-8,12,17-18H,9-11,13-14H2,1H3,(H,29,33). The maximum Gasteiger partial charge on any atom is 0.416 e. The smallest absolute Gasteiger partial charge is 0.383 e. The van der Waals surface area contributed by atoms with Crippen LogP contribution in [0.2, 0.25) is 0 Å². The van der Waals surface area contributed by atoms with E-state index in [1.165, 1.54) is 37.4 Å². The molecular weight excluding hydrogens is 468 g/mol. The van der Waals surface area contributed by atoms with Crippen molar-refractivity contribution in [3.05, 3.63) is 71.4 Å². The Hall–Kier alpha value is -3.47. The third kappa shape index (κ3) is 5.97. The summed E-state index contributed by atoms with van der Waals surface area (Å²) in [5.41, 5.74) is 0.380. The lowest BCUT2D eigenvalue weighted by Gasteiger charge is -2.36. The molecule has 186 valence electrons. The molecule has 1 N–H and O–H groups in total. The topological polar surface area (TPSA) is 80.5 Å². The first-order chi connectivity index (χ1) is 16.7. The summed E-state index contributed by atoms with van der Waals surface area (Å²) in [6.07, 6.45) is -3.95. The lowest BCUT2D eigenvalue weighted by Crippen LogP contribution is -2.48. The van der Waals surface area contributed by atoms with E-state index in [1.807, 2.05) is 0 Å². The number of urea groups is 1. The molecule has 1 aromatic heterocycles. The Balaban J connectivity index is 1.58. The Labute approximate surface area is 199 Å². The number of nitrogens with one attached hydrogen (secondary N) is 1. The first kappa shape index (κ1) is 24.6. The molecule has 0 spiro atoms. The second-order valence-electron chi connectivity index (χ2n) is 8.35. The van der Waals surface area contributed by atoms with Crippen molar-refractivity contribution in [2.45, 2.75) is 24.4 Å². The number of nitrogens with zero attached hydrogens (tertiary/aromatic N) is 3. The highest BCUT2D eigenvalue weighted by molar-refractivity contribution is 5.74. The maximum absolute atomic E-state index is 13.6. The van der Waals surface area contributed by atoms with E-state index in [4.69, 9.17) is 9.26 Å². The van der Waals surface area contributed by atoms with E-state index in [2.05, 4.69) is 15.5 Å². The summed E-state index contributed by atoms with van der Waals surface area (Å²) >= 11 is 0. The minimum absolute atomic E-state index is 0.215. The van der Waals surface area contributed by atoms with E-state index in [9.17, 15) is 22.4 Å². The predicted octanol–water partition coefficient (Wildman–Crippen LogP) is 4.82. The third-order valence-electron chi connectivity index (χ3n) is 5.90. The zero-order valence-corrected chi connectivity index (χ0v) is 18.9. The average Bonchev–Trinajstić information content (AvgIpc) is 3.34. The van der Waals surface area contributed by atoms with Gasteiger partial charge >= 0.3 is 12.2 Å². The van der Waals surface area contributed by atoms with Gasteiger partial charge in [-0.15, -0.1) is 0 Å². The van der Waals surface area contributed by atoms with Crippen molar-refractivity contribution >= 4 is 6.03 Å². The molecule has 2 heterocycles. The second kappa shape index (κ2) is 10.4. The molecule has 2 aromatic carbocycles. The molecule has 0 radical (unpaired) electrons. The SMILES string of the molecule is COCCNC(=O)N1CC(c2ccc(C(F)(F)F)cc2)CC(c2nc(-c3cccc(F)c3)no2)C1. The number of likely N-dealkylation sites (tertiary alicyclic amines) is 1. The molecule has 1 fully saturated rings. The van der Waals surface area contributed by atoms with Crippen LogP contribution in [0.15, 0.2) is 53.1 Å². The zero-order valence-electron chi connectivity index (χ0n) is 18.9. The zero-order chi connectivity index (χ0) is 25.0. The first-order valence-electron chi connectivity index (χ1n) is 11.0. The first-order valence-corrected chi connectivity index (χ1v) is 11.0. The average molecular weight is 492 g/mol. The molecule has 1 saturated heterocycles. The lowest BCUT2D eigenvalue weighted by molar-refractivity contribution is -0.137. The number of rotatable bonds is 6. The number of hydrogen-bond acceptors (Lipinski definition) is 5. The van der Waals surface area contributed by atoms with Crippen molar-refractivity contribution in [2.75, 3.05) is 33.4 Å². The number of amides is 2. The molecule has 0 bridgehead atoms. The van der Waals surface area contributed by atoms with E-state index in [0.29, 0.717) is 37.2 Å².